The second-order valence-electron chi connectivity index (χ2n) is 4.74. The van der Waals surface area contributed by atoms with E-state index in [2.05, 4.69) is 5.10 Å². The van der Waals surface area contributed by atoms with Gasteiger partial charge in [0.25, 0.3) is 0 Å². The number of hydrogen-bond donors (Lipinski definition) is 2. The Morgan fingerprint density at radius 2 is 1.95 bits per heavy atom. The van der Waals surface area contributed by atoms with Gasteiger partial charge >= 0.3 is 5.97 Å². The lowest BCUT2D eigenvalue weighted by molar-refractivity contribution is 0.0484. The van der Waals surface area contributed by atoms with Crippen LogP contribution in [0, 0.1) is 0 Å². The number of aromatic hydroxyl groups is 2. The number of aromatic nitrogens is 2. The van der Waals surface area contributed by atoms with Crippen LogP contribution in [-0.2, 0) is 11.3 Å². The van der Waals surface area contributed by atoms with Crippen molar-refractivity contribution in [1.82, 2.24) is 9.78 Å². The number of hydrogen-bond acceptors (Lipinski definition) is 5. The third-order valence-corrected chi connectivity index (χ3v) is 3.33. The lowest BCUT2D eigenvalue weighted by Gasteiger charge is -2.10. The van der Waals surface area contributed by atoms with Gasteiger partial charge < -0.3 is 14.9 Å². The molecule has 1 heterocycles. The molecule has 22 heavy (non-hydrogen) atoms. The maximum absolute atomic E-state index is 12.1. The Kier molecular flexibility index (Phi) is 3.65. The van der Waals surface area contributed by atoms with Crippen molar-refractivity contribution in [3.8, 4) is 11.5 Å². The van der Waals surface area contributed by atoms with Crippen LogP contribution in [0.25, 0.3) is 10.8 Å². The van der Waals surface area contributed by atoms with Gasteiger partial charge in [-0.1, -0.05) is 24.3 Å². The Bertz CT molecular complexity index is 812. The van der Waals surface area contributed by atoms with Crippen LogP contribution in [-0.4, -0.2) is 32.6 Å². The summed E-state index contributed by atoms with van der Waals surface area (Å²) in [7, 11) is 0. The van der Waals surface area contributed by atoms with E-state index in [1.165, 1.54) is 6.07 Å². The van der Waals surface area contributed by atoms with Crippen molar-refractivity contribution in [3.05, 3.63) is 54.4 Å². The standard InChI is InChI=1S/C16H14N2O4/c19-14-10-13(15(20)12-5-2-1-4-11(12)14)16(21)22-9-8-18-7-3-6-17-18/h1-7,10,19-20H,8-9H2. The van der Waals surface area contributed by atoms with Crippen molar-refractivity contribution in [2.75, 3.05) is 6.61 Å². The topological polar surface area (TPSA) is 84.6 Å². The second-order valence-corrected chi connectivity index (χ2v) is 4.74. The zero-order chi connectivity index (χ0) is 15.5. The van der Waals surface area contributed by atoms with E-state index in [4.69, 9.17) is 4.74 Å². The van der Waals surface area contributed by atoms with Crippen molar-refractivity contribution in [2.45, 2.75) is 6.54 Å². The molecule has 0 aliphatic heterocycles. The third kappa shape index (κ3) is 2.58. The number of benzene rings is 2. The molecule has 0 spiro atoms. The van der Waals surface area contributed by atoms with Crippen molar-refractivity contribution < 1.29 is 19.7 Å². The summed E-state index contributed by atoms with van der Waals surface area (Å²) in [4.78, 5) is 12.1. The van der Waals surface area contributed by atoms with Gasteiger partial charge in [-0.2, -0.15) is 5.10 Å². The monoisotopic (exact) mass is 298 g/mol. The van der Waals surface area contributed by atoms with Gasteiger partial charge in [-0.3, -0.25) is 4.68 Å². The van der Waals surface area contributed by atoms with E-state index in [1.54, 1.807) is 47.4 Å². The summed E-state index contributed by atoms with van der Waals surface area (Å²) in [6.45, 7) is 0.534. The van der Waals surface area contributed by atoms with Crippen molar-refractivity contribution >= 4 is 16.7 Å². The predicted octanol–water partition coefficient (Wildman–Crippen LogP) is 2.30. The van der Waals surface area contributed by atoms with E-state index in [0.717, 1.165) is 0 Å². The zero-order valence-corrected chi connectivity index (χ0v) is 11.6. The minimum absolute atomic E-state index is 0.0586. The predicted molar refractivity (Wildman–Crippen MR) is 79.8 cm³/mol. The third-order valence-electron chi connectivity index (χ3n) is 3.33. The minimum Gasteiger partial charge on any atom is -0.507 e. The zero-order valence-electron chi connectivity index (χ0n) is 11.6. The van der Waals surface area contributed by atoms with E-state index >= 15 is 0 Å². The molecule has 0 radical (unpaired) electrons. The first-order chi connectivity index (χ1) is 10.7. The molecule has 0 amide bonds. The Labute approximate surface area is 126 Å². The number of esters is 1. The summed E-state index contributed by atoms with van der Waals surface area (Å²) >= 11 is 0. The normalized spacial score (nSPS) is 10.7. The Balaban J connectivity index is 1.80. The minimum atomic E-state index is -0.689. The number of ether oxygens (including phenoxy) is 1. The smallest absolute Gasteiger partial charge is 0.342 e. The lowest BCUT2D eigenvalue weighted by Crippen LogP contribution is -2.12. The average Bonchev–Trinajstić information content (AvgIpc) is 3.04. The van der Waals surface area contributed by atoms with Gasteiger partial charge in [0.05, 0.1) is 6.54 Å². The maximum Gasteiger partial charge on any atom is 0.342 e. The number of rotatable bonds is 4. The highest BCUT2D eigenvalue weighted by molar-refractivity contribution is 6.03. The van der Waals surface area contributed by atoms with Crippen LogP contribution in [0.2, 0.25) is 0 Å². The molecule has 6 heteroatoms. The quantitative estimate of drug-likeness (QED) is 0.570. The highest BCUT2D eigenvalue weighted by atomic mass is 16.5. The summed E-state index contributed by atoms with van der Waals surface area (Å²) < 4.78 is 6.75. The highest BCUT2D eigenvalue weighted by Crippen LogP contribution is 2.35. The first-order valence-corrected chi connectivity index (χ1v) is 6.75. The summed E-state index contributed by atoms with van der Waals surface area (Å²) in [5.74, 6) is -0.962. The van der Waals surface area contributed by atoms with Gasteiger partial charge in [0.1, 0.15) is 23.7 Å². The number of phenols is 2. The van der Waals surface area contributed by atoms with E-state index in [1.807, 2.05) is 0 Å². The fourth-order valence-electron chi connectivity index (χ4n) is 2.24. The van der Waals surface area contributed by atoms with E-state index in [9.17, 15) is 15.0 Å². The Morgan fingerprint density at radius 3 is 2.68 bits per heavy atom. The summed E-state index contributed by atoms with van der Waals surface area (Å²) in [5, 5.41) is 25.0. The molecule has 0 aliphatic carbocycles. The maximum atomic E-state index is 12.1. The van der Waals surface area contributed by atoms with Crippen LogP contribution >= 0.6 is 0 Å². The highest BCUT2D eigenvalue weighted by Gasteiger charge is 2.18. The number of fused-ring (bicyclic) bond motifs is 1. The molecule has 3 aromatic rings. The molecule has 2 aromatic carbocycles. The van der Waals surface area contributed by atoms with Gasteiger partial charge in [0.15, 0.2) is 0 Å². The van der Waals surface area contributed by atoms with Gasteiger partial charge in [0, 0.05) is 23.2 Å². The number of nitrogens with zero attached hydrogens (tertiary/aromatic N) is 2. The average molecular weight is 298 g/mol. The summed E-state index contributed by atoms with van der Waals surface area (Å²) in [5.41, 5.74) is -0.0586. The number of carbonyl (C=O) groups excluding carboxylic acids is 1. The van der Waals surface area contributed by atoms with E-state index in [-0.39, 0.29) is 23.7 Å². The SMILES string of the molecule is O=C(OCCn1cccn1)c1cc(O)c2ccccc2c1O. The molecule has 0 bridgehead atoms. The fraction of sp³-hybridized carbons (Fsp3) is 0.125. The largest absolute Gasteiger partial charge is 0.507 e. The molecule has 0 saturated heterocycles. The Morgan fingerprint density at radius 1 is 1.18 bits per heavy atom. The van der Waals surface area contributed by atoms with Gasteiger partial charge in [-0.15, -0.1) is 0 Å². The van der Waals surface area contributed by atoms with Crippen LogP contribution in [0.4, 0.5) is 0 Å². The molecule has 0 atom stereocenters. The molecular weight excluding hydrogens is 284 g/mol. The first kappa shape index (κ1) is 13.9. The van der Waals surface area contributed by atoms with Gasteiger partial charge in [0.2, 0.25) is 0 Å². The molecule has 112 valence electrons. The van der Waals surface area contributed by atoms with E-state index < -0.39 is 5.97 Å². The van der Waals surface area contributed by atoms with Crippen molar-refractivity contribution in [1.29, 1.82) is 0 Å². The summed E-state index contributed by atoms with van der Waals surface area (Å²) in [6, 6.07) is 9.74. The number of carbonyl (C=O) groups is 1. The van der Waals surface area contributed by atoms with E-state index in [0.29, 0.717) is 17.3 Å². The van der Waals surface area contributed by atoms with Crippen LogP contribution in [0.1, 0.15) is 10.4 Å². The van der Waals surface area contributed by atoms with Crippen LogP contribution in [0.5, 0.6) is 11.5 Å². The molecular formula is C16H14N2O4. The van der Waals surface area contributed by atoms with Gasteiger partial charge in [-0.25, -0.2) is 4.79 Å². The molecule has 2 N–H and O–H groups in total. The molecule has 6 nitrogen and oxygen atoms in total. The van der Waals surface area contributed by atoms with Crippen molar-refractivity contribution in [3.63, 3.8) is 0 Å². The Hall–Kier alpha value is -3.02. The van der Waals surface area contributed by atoms with Crippen molar-refractivity contribution in [2.24, 2.45) is 0 Å². The lowest BCUT2D eigenvalue weighted by atomic mass is 10.0. The molecule has 0 fully saturated rings. The molecule has 0 aliphatic rings. The van der Waals surface area contributed by atoms with Crippen LogP contribution < -0.4 is 0 Å². The molecule has 0 unspecified atom stereocenters. The molecule has 3 rings (SSSR count). The molecule has 0 saturated carbocycles. The molecule has 1 aromatic heterocycles. The first-order valence-electron chi connectivity index (χ1n) is 6.75. The summed E-state index contributed by atoms with van der Waals surface area (Å²) in [6.07, 6.45) is 3.39. The fourth-order valence-corrected chi connectivity index (χ4v) is 2.24. The van der Waals surface area contributed by atoms with Crippen LogP contribution in [0.15, 0.2) is 48.8 Å². The number of phenolic OH excluding ortho intramolecular Hbond substituents is 2. The van der Waals surface area contributed by atoms with Gasteiger partial charge in [-0.05, 0) is 12.1 Å². The second kappa shape index (κ2) is 5.77. The van der Waals surface area contributed by atoms with Crippen LogP contribution in [0.3, 0.4) is 0 Å².